The van der Waals surface area contributed by atoms with Crippen LogP contribution in [0.4, 0.5) is 5.82 Å². The number of nitrogens with one attached hydrogen (secondary N) is 2. The average molecular weight is 496 g/mol. The zero-order valence-electron chi connectivity index (χ0n) is 18.6. The first-order valence-electron chi connectivity index (χ1n) is 11.3. The third kappa shape index (κ3) is 4.37. The number of hydrogen-bond donors (Lipinski definition) is 2. The van der Waals surface area contributed by atoms with Crippen LogP contribution in [0.5, 0.6) is 5.75 Å². The summed E-state index contributed by atoms with van der Waals surface area (Å²) in [6.07, 6.45) is 5.32. The van der Waals surface area contributed by atoms with Crippen molar-refractivity contribution in [3.63, 3.8) is 0 Å². The van der Waals surface area contributed by atoms with E-state index in [1.165, 1.54) is 6.33 Å². The maximum atomic E-state index is 13.2. The predicted octanol–water partition coefficient (Wildman–Crippen LogP) is 1.58. The molecule has 0 aliphatic carbocycles. The number of benzene rings is 1. The van der Waals surface area contributed by atoms with Crippen LogP contribution in [0, 0.1) is 0 Å². The molecule has 4 aromatic rings. The predicted molar refractivity (Wildman–Crippen MR) is 125 cm³/mol. The Balaban J connectivity index is 1.31. The Hall–Kier alpha value is -3.77. The highest BCUT2D eigenvalue weighted by Gasteiger charge is 2.36. The summed E-state index contributed by atoms with van der Waals surface area (Å²) in [6.45, 7) is 2.34. The number of hydrogen-bond acceptors (Lipinski definition) is 9. The van der Waals surface area contributed by atoms with E-state index in [4.69, 9.17) is 21.1 Å². The van der Waals surface area contributed by atoms with Gasteiger partial charge in [0.2, 0.25) is 0 Å². The molecule has 0 radical (unpaired) electrons. The van der Waals surface area contributed by atoms with Gasteiger partial charge in [0.25, 0.3) is 5.91 Å². The molecule has 2 N–H and O–H groups in total. The highest BCUT2D eigenvalue weighted by molar-refractivity contribution is 6.32. The minimum Gasteiger partial charge on any atom is -0.492 e. The van der Waals surface area contributed by atoms with Crippen LogP contribution in [-0.4, -0.2) is 72.7 Å². The van der Waals surface area contributed by atoms with Crippen LogP contribution in [-0.2, 0) is 17.9 Å². The van der Waals surface area contributed by atoms with Gasteiger partial charge in [0, 0.05) is 31.6 Å². The van der Waals surface area contributed by atoms with Crippen molar-refractivity contribution in [1.82, 2.24) is 40.2 Å². The molecule has 35 heavy (non-hydrogen) atoms. The summed E-state index contributed by atoms with van der Waals surface area (Å²) in [6, 6.07) is 4.71. The first kappa shape index (κ1) is 21.7. The van der Waals surface area contributed by atoms with Crippen LogP contribution in [0.1, 0.15) is 22.5 Å². The first-order chi connectivity index (χ1) is 17.1. The van der Waals surface area contributed by atoms with E-state index in [1.807, 2.05) is 6.20 Å². The maximum Gasteiger partial charge on any atom is 0.251 e. The summed E-state index contributed by atoms with van der Waals surface area (Å²) in [5.74, 6) is 0.936. The summed E-state index contributed by atoms with van der Waals surface area (Å²) in [5, 5.41) is 12.0. The smallest absolute Gasteiger partial charge is 0.251 e. The van der Waals surface area contributed by atoms with E-state index in [-0.39, 0.29) is 24.7 Å². The second kappa shape index (κ2) is 9.12. The Bertz CT molecular complexity index is 1370. The normalized spacial score (nSPS) is 20.9. The maximum absolute atomic E-state index is 13.2. The lowest BCUT2D eigenvalue weighted by atomic mass is 10.1. The number of fused-ring (bicyclic) bond motifs is 6. The Kier molecular flexibility index (Phi) is 5.66. The second-order valence-electron chi connectivity index (χ2n) is 8.45. The number of carbonyl (C=O) groups excluding carboxylic acids is 1. The summed E-state index contributed by atoms with van der Waals surface area (Å²) >= 11 is 6.30. The molecule has 6 rings (SSSR count). The third-order valence-electron chi connectivity index (χ3n) is 6.10. The van der Waals surface area contributed by atoms with E-state index < -0.39 is 0 Å². The van der Waals surface area contributed by atoms with Gasteiger partial charge in [0.05, 0.1) is 42.9 Å². The molecule has 1 saturated heterocycles. The monoisotopic (exact) mass is 495 g/mol. The highest BCUT2D eigenvalue weighted by Crippen LogP contribution is 2.28. The standard InChI is InChI=1S/C22H22ClN9O3/c23-15-3-2-13-6-17(15)34-5-1-4-32-7-14(29-30-32)10-35-18-9-31(8-16(18)28-22(13)33)21-19-20(25-11-24-19)26-12-27-21/h2-3,6-7,11-12,16,18H,1,4-5,8-10H2,(H,28,33)(H,24,25,26,27)/t16-,18-/m0/s1. The topological polar surface area (TPSA) is 136 Å². The van der Waals surface area contributed by atoms with Gasteiger partial charge in [-0.3, -0.25) is 9.48 Å². The number of amides is 1. The summed E-state index contributed by atoms with van der Waals surface area (Å²) in [4.78, 5) is 31.2. The summed E-state index contributed by atoms with van der Waals surface area (Å²) < 4.78 is 13.9. The van der Waals surface area contributed by atoms with Crippen molar-refractivity contribution < 1.29 is 14.3 Å². The van der Waals surface area contributed by atoms with E-state index in [1.54, 1.807) is 29.2 Å². The van der Waals surface area contributed by atoms with Crippen molar-refractivity contribution in [2.75, 3.05) is 24.6 Å². The van der Waals surface area contributed by atoms with Crippen LogP contribution in [0.2, 0.25) is 5.02 Å². The van der Waals surface area contributed by atoms with E-state index in [0.717, 1.165) is 5.52 Å². The van der Waals surface area contributed by atoms with Gasteiger partial charge in [-0.25, -0.2) is 15.0 Å². The molecular weight excluding hydrogens is 474 g/mol. The van der Waals surface area contributed by atoms with Gasteiger partial charge < -0.3 is 24.7 Å². The quantitative estimate of drug-likeness (QED) is 0.403. The number of aromatic nitrogens is 7. The van der Waals surface area contributed by atoms with Gasteiger partial charge in [0.1, 0.15) is 23.3 Å². The average Bonchev–Trinajstić information content (AvgIpc) is 3.60. The van der Waals surface area contributed by atoms with E-state index >= 15 is 0 Å². The van der Waals surface area contributed by atoms with Crippen molar-refractivity contribution in [3.8, 4) is 5.75 Å². The number of nitrogens with zero attached hydrogens (tertiary/aromatic N) is 7. The molecular formula is C22H22ClN9O3. The number of halogens is 1. The van der Waals surface area contributed by atoms with E-state index in [0.29, 0.717) is 66.2 Å². The number of imidazole rings is 1. The number of H-pyrrole nitrogens is 1. The Morgan fingerprint density at radius 1 is 1.17 bits per heavy atom. The summed E-state index contributed by atoms with van der Waals surface area (Å²) in [7, 11) is 0. The van der Waals surface area contributed by atoms with E-state index in [9.17, 15) is 4.79 Å². The Labute approximate surface area is 204 Å². The molecule has 0 unspecified atom stereocenters. The number of rotatable bonds is 1. The Morgan fingerprint density at radius 2 is 2.11 bits per heavy atom. The van der Waals surface area contributed by atoms with Gasteiger partial charge in [-0.1, -0.05) is 16.8 Å². The Morgan fingerprint density at radius 3 is 3.06 bits per heavy atom. The number of anilines is 1. The molecule has 1 aromatic carbocycles. The molecule has 2 atom stereocenters. The molecule has 1 fully saturated rings. The molecule has 5 heterocycles. The van der Waals surface area contributed by atoms with Crippen molar-refractivity contribution in [1.29, 1.82) is 0 Å². The van der Waals surface area contributed by atoms with Crippen LogP contribution in [0.15, 0.2) is 37.1 Å². The van der Waals surface area contributed by atoms with Gasteiger partial charge >= 0.3 is 0 Å². The van der Waals surface area contributed by atoms with Crippen molar-refractivity contribution in [3.05, 3.63) is 53.3 Å². The molecule has 1 amide bonds. The zero-order chi connectivity index (χ0) is 23.8. The SMILES string of the molecule is O=C1N[C@H]2CN(c3ncnc4nc[nH]c34)C[C@@H]2OCc2cn(nn2)CCCOc2cc1ccc2Cl. The van der Waals surface area contributed by atoms with Gasteiger partial charge in [-0.05, 0) is 18.2 Å². The third-order valence-corrected chi connectivity index (χ3v) is 6.41. The molecule has 4 bridgehead atoms. The molecule has 0 saturated carbocycles. The number of aryl methyl sites for hydroxylation is 1. The van der Waals surface area contributed by atoms with Crippen molar-refractivity contribution >= 4 is 34.5 Å². The lowest BCUT2D eigenvalue weighted by molar-refractivity contribution is 0.0347. The van der Waals surface area contributed by atoms with Crippen molar-refractivity contribution in [2.24, 2.45) is 0 Å². The largest absolute Gasteiger partial charge is 0.492 e. The fourth-order valence-electron chi connectivity index (χ4n) is 4.37. The molecule has 12 nitrogen and oxygen atoms in total. The number of ether oxygens (including phenoxy) is 2. The van der Waals surface area contributed by atoms with Crippen molar-refractivity contribution in [2.45, 2.75) is 31.7 Å². The van der Waals surface area contributed by atoms with Gasteiger partial charge in [-0.2, -0.15) is 0 Å². The van der Waals surface area contributed by atoms with Gasteiger partial charge in [0.15, 0.2) is 11.5 Å². The molecule has 180 valence electrons. The van der Waals surface area contributed by atoms with Crippen LogP contribution in [0.25, 0.3) is 11.2 Å². The lowest BCUT2D eigenvalue weighted by Gasteiger charge is -2.20. The minimum absolute atomic E-state index is 0.237. The van der Waals surface area contributed by atoms with E-state index in [2.05, 4.69) is 40.5 Å². The molecule has 2 aliphatic rings. The first-order valence-corrected chi connectivity index (χ1v) is 11.6. The second-order valence-corrected chi connectivity index (χ2v) is 8.86. The van der Waals surface area contributed by atoms with Crippen LogP contribution in [0.3, 0.4) is 0 Å². The van der Waals surface area contributed by atoms with Crippen LogP contribution >= 0.6 is 11.6 Å². The number of aromatic amines is 1. The van der Waals surface area contributed by atoms with Gasteiger partial charge in [-0.15, -0.1) is 5.10 Å². The molecule has 13 heteroatoms. The zero-order valence-corrected chi connectivity index (χ0v) is 19.4. The summed E-state index contributed by atoms with van der Waals surface area (Å²) in [5.41, 5.74) is 2.49. The fourth-order valence-corrected chi connectivity index (χ4v) is 4.54. The number of carbonyl (C=O) groups is 1. The molecule has 2 aliphatic heterocycles. The molecule has 0 spiro atoms. The fraction of sp³-hybridized carbons (Fsp3) is 0.364. The minimum atomic E-state index is -0.312. The molecule has 3 aromatic heterocycles. The lowest BCUT2D eigenvalue weighted by Crippen LogP contribution is -2.44. The van der Waals surface area contributed by atoms with Crippen LogP contribution < -0.4 is 15.0 Å². The highest BCUT2D eigenvalue weighted by atomic mass is 35.5.